The summed E-state index contributed by atoms with van der Waals surface area (Å²) in [5.41, 5.74) is -0.362. The molecule has 1 amide bonds. The third kappa shape index (κ3) is 4.03. The van der Waals surface area contributed by atoms with Crippen LogP contribution in [0.2, 0.25) is 0 Å². The molecular formula is C15H21BN2O5S. The van der Waals surface area contributed by atoms with Crippen LogP contribution in [-0.2, 0) is 14.1 Å². The molecule has 2 N–H and O–H groups in total. The minimum absolute atomic E-state index is 0.0148. The van der Waals surface area contributed by atoms with Crippen molar-refractivity contribution in [2.24, 2.45) is 0 Å². The number of carbonyl (C=O) groups excluding carboxylic acids is 1. The normalized spacial score (nSPS) is 19.4. The number of nitrogens with one attached hydrogen (secondary N) is 1. The van der Waals surface area contributed by atoms with Crippen molar-refractivity contribution in [1.29, 1.82) is 0 Å². The van der Waals surface area contributed by atoms with E-state index in [-0.39, 0.29) is 18.1 Å². The van der Waals surface area contributed by atoms with E-state index in [0.717, 1.165) is 0 Å². The number of carboxylic acid groups (broad SMARTS) is 1. The number of aromatic nitrogens is 1. The van der Waals surface area contributed by atoms with Crippen LogP contribution in [0.5, 0.6) is 0 Å². The summed E-state index contributed by atoms with van der Waals surface area (Å²) in [5, 5.41) is 13.7. The van der Waals surface area contributed by atoms with Crippen LogP contribution in [0.15, 0.2) is 10.9 Å². The average molecular weight is 352 g/mol. The van der Waals surface area contributed by atoms with Crippen LogP contribution in [0.25, 0.3) is 6.08 Å². The quantitative estimate of drug-likeness (QED) is 0.787. The second-order valence-corrected chi connectivity index (χ2v) is 7.48. The third-order valence-corrected chi connectivity index (χ3v) is 4.94. The van der Waals surface area contributed by atoms with Gasteiger partial charge in [-0.3, -0.25) is 4.79 Å². The molecule has 130 valence electrons. The van der Waals surface area contributed by atoms with Gasteiger partial charge in [0, 0.05) is 18.8 Å². The van der Waals surface area contributed by atoms with Gasteiger partial charge in [-0.2, -0.15) is 0 Å². The van der Waals surface area contributed by atoms with Crippen molar-refractivity contribution in [3.63, 3.8) is 0 Å². The molecule has 1 aromatic heterocycles. The molecule has 0 atom stereocenters. The van der Waals surface area contributed by atoms with Gasteiger partial charge < -0.3 is 19.7 Å². The molecule has 7 nitrogen and oxygen atoms in total. The molecule has 1 aliphatic heterocycles. The van der Waals surface area contributed by atoms with E-state index in [1.165, 1.54) is 23.6 Å². The Balaban J connectivity index is 2.29. The van der Waals surface area contributed by atoms with Crippen LogP contribution in [0, 0.1) is 0 Å². The van der Waals surface area contributed by atoms with Crippen molar-refractivity contribution in [3.8, 4) is 0 Å². The largest absolute Gasteiger partial charge is 0.492 e. The Bertz CT molecular complexity index is 667. The van der Waals surface area contributed by atoms with E-state index in [1.54, 1.807) is 6.08 Å². The van der Waals surface area contributed by atoms with Crippen molar-refractivity contribution in [3.05, 3.63) is 21.6 Å². The van der Waals surface area contributed by atoms with Gasteiger partial charge in [-0.25, -0.2) is 9.78 Å². The van der Waals surface area contributed by atoms with Gasteiger partial charge in [0.05, 0.1) is 11.2 Å². The summed E-state index contributed by atoms with van der Waals surface area (Å²) in [6.07, 6.45) is 1.70. The molecular weight excluding hydrogens is 331 g/mol. The molecule has 0 bridgehead atoms. The highest BCUT2D eigenvalue weighted by Crippen LogP contribution is 2.38. The molecule has 24 heavy (non-hydrogen) atoms. The summed E-state index contributed by atoms with van der Waals surface area (Å²) in [5.74, 6) is -1.26. The van der Waals surface area contributed by atoms with E-state index in [0.29, 0.717) is 10.5 Å². The summed E-state index contributed by atoms with van der Waals surface area (Å²) >= 11 is 1.21. The lowest BCUT2D eigenvalue weighted by atomic mass is 9.77. The highest BCUT2D eigenvalue weighted by Gasteiger charge is 2.52. The number of carboxylic acids is 1. The third-order valence-electron chi connectivity index (χ3n) is 4.15. The summed E-state index contributed by atoms with van der Waals surface area (Å²) in [6, 6.07) is 0. The van der Waals surface area contributed by atoms with Crippen molar-refractivity contribution in [2.45, 2.75) is 45.8 Å². The van der Waals surface area contributed by atoms with E-state index < -0.39 is 24.3 Å². The maximum Gasteiger partial charge on any atom is 0.492 e. The summed E-state index contributed by atoms with van der Waals surface area (Å²) < 4.78 is 12.0. The molecule has 0 aromatic carbocycles. The fourth-order valence-electron chi connectivity index (χ4n) is 2.03. The van der Waals surface area contributed by atoms with Crippen LogP contribution in [0.4, 0.5) is 0 Å². The first-order chi connectivity index (χ1) is 11.0. The second-order valence-electron chi connectivity index (χ2n) is 6.59. The standard InChI is InChI=1S/C15H21BN2O5S/c1-9(19)17-7-10(6-12-18-11(8-24-12)13(20)21)16-22-14(2,3)15(4,5)23-16/h6,8H,7H2,1-5H3,(H,17,19)(H,20,21). The van der Waals surface area contributed by atoms with Gasteiger partial charge in [0.2, 0.25) is 5.91 Å². The monoisotopic (exact) mass is 352 g/mol. The predicted octanol–water partition coefficient (Wildman–Crippen LogP) is 1.99. The van der Waals surface area contributed by atoms with Gasteiger partial charge in [-0.1, -0.05) is 0 Å². The molecule has 0 radical (unpaired) electrons. The van der Waals surface area contributed by atoms with Gasteiger partial charge in [0.15, 0.2) is 5.69 Å². The smallest absolute Gasteiger partial charge is 0.476 e. The van der Waals surface area contributed by atoms with Crippen LogP contribution in [0.3, 0.4) is 0 Å². The summed E-state index contributed by atoms with van der Waals surface area (Å²) in [6.45, 7) is 9.41. The Morgan fingerprint density at radius 1 is 1.33 bits per heavy atom. The molecule has 0 saturated carbocycles. The number of amides is 1. The lowest BCUT2D eigenvalue weighted by molar-refractivity contribution is -0.118. The lowest BCUT2D eigenvalue weighted by Crippen LogP contribution is -2.41. The van der Waals surface area contributed by atoms with Crippen LogP contribution in [0.1, 0.15) is 50.1 Å². The fourth-order valence-corrected chi connectivity index (χ4v) is 2.79. The highest BCUT2D eigenvalue weighted by atomic mass is 32.1. The van der Waals surface area contributed by atoms with Gasteiger partial charge in [0.1, 0.15) is 5.01 Å². The van der Waals surface area contributed by atoms with Crippen molar-refractivity contribution in [1.82, 2.24) is 10.3 Å². The summed E-state index contributed by atoms with van der Waals surface area (Å²) in [4.78, 5) is 26.3. The number of nitrogens with zero attached hydrogens (tertiary/aromatic N) is 1. The first-order valence-electron chi connectivity index (χ1n) is 7.51. The highest BCUT2D eigenvalue weighted by molar-refractivity contribution is 7.10. The van der Waals surface area contributed by atoms with E-state index in [4.69, 9.17) is 14.4 Å². The first-order valence-corrected chi connectivity index (χ1v) is 8.39. The lowest BCUT2D eigenvalue weighted by Gasteiger charge is -2.32. The van der Waals surface area contributed by atoms with Gasteiger partial charge >= 0.3 is 13.1 Å². The maximum absolute atomic E-state index is 11.3. The zero-order valence-corrected chi connectivity index (χ0v) is 15.2. The Hall–Kier alpha value is -1.71. The van der Waals surface area contributed by atoms with Crippen molar-refractivity contribution >= 4 is 36.4 Å². The fraction of sp³-hybridized carbons (Fsp3) is 0.533. The number of hydrogen-bond donors (Lipinski definition) is 2. The van der Waals surface area contributed by atoms with Crippen molar-refractivity contribution in [2.75, 3.05) is 6.54 Å². The SMILES string of the molecule is CC(=O)NCC(=Cc1nc(C(=O)O)cs1)B1OC(C)(C)C(C)(C)O1. The molecule has 9 heteroatoms. The number of hydrogen-bond acceptors (Lipinski definition) is 6. The van der Waals surface area contributed by atoms with Gasteiger partial charge in [0.25, 0.3) is 0 Å². The molecule has 0 unspecified atom stereocenters. The van der Waals surface area contributed by atoms with Crippen LogP contribution >= 0.6 is 11.3 Å². The molecule has 2 heterocycles. The Morgan fingerprint density at radius 3 is 2.38 bits per heavy atom. The maximum atomic E-state index is 11.3. The first kappa shape index (κ1) is 18.6. The Morgan fingerprint density at radius 2 is 1.92 bits per heavy atom. The van der Waals surface area contributed by atoms with Crippen LogP contribution < -0.4 is 5.32 Å². The van der Waals surface area contributed by atoms with Crippen molar-refractivity contribution < 1.29 is 24.0 Å². The van der Waals surface area contributed by atoms with E-state index in [9.17, 15) is 9.59 Å². The molecule has 0 aliphatic carbocycles. The molecule has 0 spiro atoms. The second kappa shape index (κ2) is 6.66. The Labute approximate surface area is 145 Å². The number of rotatable bonds is 5. The molecule has 1 aliphatic rings. The minimum atomic E-state index is -1.08. The zero-order valence-electron chi connectivity index (χ0n) is 14.4. The van der Waals surface area contributed by atoms with E-state index >= 15 is 0 Å². The molecule has 1 aromatic rings. The zero-order chi connectivity index (χ0) is 18.1. The molecule has 1 fully saturated rings. The number of carbonyl (C=O) groups is 2. The molecule has 2 rings (SSSR count). The number of thiazole rings is 1. The molecule has 1 saturated heterocycles. The topological polar surface area (TPSA) is 97.8 Å². The van der Waals surface area contributed by atoms with Crippen LogP contribution in [-0.4, -0.2) is 46.8 Å². The number of aromatic carboxylic acids is 1. The predicted molar refractivity (Wildman–Crippen MR) is 91.8 cm³/mol. The van der Waals surface area contributed by atoms with E-state index in [1.807, 2.05) is 27.7 Å². The minimum Gasteiger partial charge on any atom is -0.476 e. The Kier molecular flexibility index (Phi) is 5.17. The average Bonchev–Trinajstić information content (AvgIpc) is 2.97. The van der Waals surface area contributed by atoms with Gasteiger partial charge in [-0.15, -0.1) is 11.3 Å². The summed E-state index contributed by atoms with van der Waals surface area (Å²) in [7, 11) is -0.640. The van der Waals surface area contributed by atoms with Gasteiger partial charge in [-0.05, 0) is 39.2 Å². The van der Waals surface area contributed by atoms with E-state index in [2.05, 4.69) is 10.3 Å².